The van der Waals surface area contributed by atoms with Gasteiger partial charge in [0.05, 0.1) is 31.9 Å². The summed E-state index contributed by atoms with van der Waals surface area (Å²) in [5.74, 6) is 0.105. The van der Waals surface area contributed by atoms with Gasteiger partial charge in [-0.05, 0) is 30.0 Å². The number of hydrogen-bond donors (Lipinski definition) is 2. The Kier molecular flexibility index (Phi) is 7.86. The summed E-state index contributed by atoms with van der Waals surface area (Å²) in [6.45, 7) is 8.46. The summed E-state index contributed by atoms with van der Waals surface area (Å²) in [7, 11) is 3.16. The van der Waals surface area contributed by atoms with Crippen molar-refractivity contribution < 1.29 is 24.2 Å². The molecule has 1 heterocycles. The first-order valence-electron chi connectivity index (χ1n) is 9.99. The Bertz CT molecular complexity index is 867. The van der Waals surface area contributed by atoms with Crippen molar-refractivity contribution in [3.63, 3.8) is 0 Å². The Morgan fingerprint density at radius 2 is 1.73 bits per heavy atom. The van der Waals surface area contributed by atoms with E-state index in [1.54, 1.807) is 25.0 Å². The number of carbonyl (C=O) groups is 2. The number of methoxy groups -OCH3 is 2. The highest BCUT2D eigenvalue weighted by Crippen LogP contribution is 2.38. The highest BCUT2D eigenvalue weighted by molar-refractivity contribution is 5.94. The van der Waals surface area contributed by atoms with Gasteiger partial charge in [0.15, 0.2) is 5.69 Å². The summed E-state index contributed by atoms with van der Waals surface area (Å²) >= 11 is 0. The smallest absolute Gasteiger partial charge is 0.305 e. The van der Waals surface area contributed by atoms with Gasteiger partial charge < -0.3 is 19.9 Å². The zero-order valence-electron chi connectivity index (χ0n) is 18.4. The van der Waals surface area contributed by atoms with Crippen molar-refractivity contribution >= 4 is 11.9 Å². The molecule has 2 N–H and O–H groups in total. The van der Waals surface area contributed by atoms with Crippen LogP contribution in [0.4, 0.5) is 0 Å². The van der Waals surface area contributed by atoms with Crippen molar-refractivity contribution in [2.24, 2.45) is 11.8 Å². The van der Waals surface area contributed by atoms with Crippen molar-refractivity contribution in [2.45, 2.75) is 46.7 Å². The van der Waals surface area contributed by atoms with Crippen LogP contribution >= 0.6 is 0 Å². The first-order valence-corrected chi connectivity index (χ1v) is 9.99. The van der Waals surface area contributed by atoms with E-state index in [1.165, 1.54) is 0 Å². The first-order chi connectivity index (χ1) is 14.2. The highest BCUT2D eigenvalue weighted by Gasteiger charge is 2.25. The normalized spacial score (nSPS) is 12.1. The van der Waals surface area contributed by atoms with Gasteiger partial charge in [0.1, 0.15) is 11.5 Å². The van der Waals surface area contributed by atoms with Crippen LogP contribution in [0.3, 0.4) is 0 Å². The molecule has 2 aromatic rings. The molecular formula is C22H31N3O5. The number of nitrogens with zero attached hydrogens (tertiary/aromatic N) is 2. The number of ether oxygens (including phenoxy) is 2. The lowest BCUT2D eigenvalue weighted by Crippen LogP contribution is -2.40. The van der Waals surface area contributed by atoms with Crippen molar-refractivity contribution in [1.82, 2.24) is 15.1 Å². The second-order valence-electron chi connectivity index (χ2n) is 7.95. The third kappa shape index (κ3) is 5.52. The molecule has 0 saturated carbocycles. The van der Waals surface area contributed by atoms with E-state index in [0.29, 0.717) is 29.3 Å². The van der Waals surface area contributed by atoms with Gasteiger partial charge in [0, 0.05) is 12.6 Å². The van der Waals surface area contributed by atoms with E-state index in [9.17, 15) is 9.59 Å². The molecule has 1 amide bonds. The lowest BCUT2D eigenvalue weighted by molar-refractivity contribution is -0.137. The van der Waals surface area contributed by atoms with Gasteiger partial charge in [-0.1, -0.05) is 33.8 Å². The van der Waals surface area contributed by atoms with Crippen molar-refractivity contribution in [1.29, 1.82) is 0 Å². The van der Waals surface area contributed by atoms with Gasteiger partial charge in [0.25, 0.3) is 5.91 Å². The van der Waals surface area contributed by atoms with Crippen molar-refractivity contribution in [3.8, 4) is 22.8 Å². The Balaban J connectivity index is 2.50. The molecular weight excluding hydrogens is 386 g/mol. The molecule has 1 aromatic heterocycles. The maximum Gasteiger partial charge on any atom is 0.305 e. The minimum Gasteiger partial charge on any atom is -0.496 e. The van der Waals surface area contributed by atoms with Gasteiger partial charge in [-0.15, -0.1) is 0 Å². The summed E-state index contributed by atoms with van der Waals surface area (Å²) in [6, 6.07) is 6.68. The summed E-state index contributed by atoms with van der Waals surface area (Å²) in [4.78, 5) is 24.0. The number of carbonyl (C=O) groups excluding carboxylic acids is 1. The molecule has 2 rings (SSSR count). The molecule has 0 spiro atoms. The van der Waals surface area contributed by atoms with E-state index in [-0.39, 0.29) is 24.0 Å². The molecule has 1 unspecified atom stereocenters. The molecule has 8 heteroatoms. The monoisotopic (exact) mass is 417 g/mol. The van der Waals surface area contributed by atoms with Gasteiger partial charge in [-0.3, -0.25) is 14.3 Å². The average molecular weight is 418 g/mol. The molecule has 0 aliphatic carbocycles. The number of carboxylic acid groups (broad SMARTS) is 1. The summed E-state index contributed by atoms with van der Waals surface area (Å²) in [6.07, 6.45) is -0.150. The molecule has 164 valence electrons. The SMILES string of the molecule is COc1cccc(OC)c1-c1cc(C(=O)NC(CC(=O)O)C(C)C)nn1CC(C)C. The second kappa shape index (κ2) is 10.1. The van der Waals surface area contributed by atoms with Crippen LogP contribution in [0, 0.1) is 11.8 Å². The molecule has 0 radical (unpaired) electrons. The van der Waals surface area contributed by atoms with E-state index in [2.05, 4.69) is 24.3 Å². The topological polar surface area (TPSA) is 103 Å². The van der Waals surface area contributed by atoms with E-state index in [4.69, 9.17) is 14.6 Å². The van der Waals surface area contributed by atoms with Crippen LogP contribution in [-0.4, -0.2) is 47.0 Å². The van der Waals surface area contributed by atoms with Gasteiger partial charge in [-0.25, -0.2) is 0 Å². The largest absolute Gasteiger partial charge is 0.496 e. The molecule has 0 aliphatic heterocycles. The summed E-state index contributed by atoms with van der Waals surface area (Å²) in [5, 5.41) is 16.5. The fourth-order valence-corrected chi connectivity index (χ4v) is 3.20. The molecule has 1 aromatic carbocycles. The number of nitrogens with one attached hydrogen (secondary N) is 1. The predicted octanol–water partition coefficient (Wildman–Crippen LogP) is 3.45. The number of aromatic nitrogens is 2. The lowest BCUT2D eigenvalue weighted by Gasteiger charge is -2.19. The zero-order chi connectivity index (χ0) is 22.4. The van der Waals surface area contributed by atoms with Crippen molar-refractivity contribution in [2.75, 3.05) is 14.2 Å². The number of rotatable bonds is 10. The van der Waals surface area contributed by atoms with E-state index in [0.717, 1.165) is 0 Å². The Hall–Kier alpha value is -3.03. The number of hydrogen-bond acceptors (Lipinski definition) is 5. The first kappa shape index (κ1) is 23.3. The minimum absolute atomic E-state index is 0.0309. The molecule has 8 nitrogen and oxygen atoms in total. The Morgan fingerprint density at radius 1 is 1.13 bits per heavy atom. The standard InChI is InChI=1S/C22H31N3O5/c1-13(2)12-25-17(21-18(29-5)8-7-9-19(21)30-6)10-16(24-25)22(28)23-15(14(3)4)11-20(26)27/h7-10,13-15H,11-12H2,1-6H3,(H,23,28)(H,26,27). The molecule has 0 fully saturated rings. The Labute approximate surface area is 177 Å². The highest BCUT2D eigenvalue weighted by atomic mass is 16.5. The number of benzene rings is 1. The fourth-order valence-electron chi connectivity index (χ4n) is 3.20. The van der Waals surface area contributed by atoms with Gasteiger partial charge in [0.2, 0.25) is 0 Å². The third-order valence-electron chi connectivity index (χ3n) is 4.75. The fraction of sp³-hybridized carbons (Fsp3) is 0.500. The molecule has 30 heavy (non-hydrogen) atoms. The van der Waals surface area contributed by atoms with E-state index < -0.39 is 17.9 Å². The van der Waals surface area contributed by atoms with Crippen LogP contribution in [0.15, 0.2) is 24.3 Å². The van der Waals surface area contributed by atoms with Crippen LogP contribution in [-0.2, 0) is 11.3 Å². The molecule has 0 bridgehead atoms. The predicted molar refractivity (Wildman–Crippen MR) is 114 cm³/mol. The third-order valence-corrected chi connectivity index (χ3v) is 4.75. The zero-order valence-corrected chi connectivity index (χ0v) is 18.4. The van der Waals surface area contributed by atoms with E-state index in [1.807, 2.05) is 32.0 Å². The van der Waals surface area contributed by atoms with Crippen LogP contribution in [0.25, 0.3) is 11.3 Å². The molecule has 0 saturated heterocycles. The quantitative estimate of drug-likeness (QED) is 0.614. The molecule has 0 aliphatic rings. The van der Waals surface area contributed by atoms with Crippen LogP contribution in [0.5, 0.6) is 11.5 Å². The maximum atomic E-state index is 12.9. The maximum absolute atomic E-state index is 12.9. The van der Waals surface area contributed by atoms with Crippen molar-refractivity contribution in [3.05, 3.63) is 30.0 Å². The number of amides is 1. The van der Waals surface area contributed by atoms with E-state index >= 15 is 0 Å². The second-order valence-corrected chi connectivity index (χ2v) is 7.95. The number of aliphatic carboxylic acids is 1. The summed E-state index contributed by atoms with van der Waals surface area (Å²) < 4.78 is 12.8. The van der Waals surface area contributed by atoms with Crippen LogP contribution < -0.4 is 14.8 Å². The number of carboxylic acids is 1. The lowest BCUT2D eigenvalue weighted by atomic mass is 10.0. The average Bonchev–Trinajstić information content (AvgIpc) is 3.08. The van der Waals surface area contributed by atoms with Crippen LogP contribution in [0.2, 0.25) is 0 Å². The van der Waals surface area contributed by atoms with Gasteiger partial charge >= 0.3 is 5.97 Å². The van der Waals surface area contributed by atoms with Gasteiger partial charge in [-0.2, -0.15) is 5.10 Å². The Morgan fingerprint density at radius 3 is 2.20 bits per heavy atom. The summed E-state index contributed by atoms with van der Waals surface area (Å²) in [5.41, 5.74) is 1.62. The minimum atomic E-state index is -0.959. The van der Waals surface area contributed by atoms with Crippen LogP contribution in [0.1, 0.15) is 44.6 Å². The molecule has 1 atom stereocenters.